The lowest BCUT2D eigenvalue weighted by Gasteiger charge is -2.11. The summed E-state index contributed by atoms with van der Waals surface area (Å²) in [4.78, 5) is 29.5. The highest BCUT2D eigenvalue weighted by Crippen LogP contribution is 2.25. The highest BCUT2D eigenvalue weighted by molar-refractivity contribution is 9.10. The third-order valence-electron chi connectivity index (χ3n) is 4.62. The van der Waals surface area contributed by atoms with Crippen LogP contribution in [-0.4, -0.2) is 34.6 Å². The Balaban J connectivity index is 1.87. The molecule has 3 aromatic rings. The number of halogens is 2. The Morgan fingerprint density at radius 2 is 2.06 bits per heavy atom. The van der Waals surface area contributed by atoms with Crippen molar-refractivity contribution in [1.29, 1.82) is 0 Å². The fourth-order valence-corrected chi connectivity index (χ4v) is 3.69. The lowest BCUT2D eigenvalue weighted by atomic mass is 10.2. The van der Waals surface area contributed by atoms with Gasteiger partial charge in [-0.2, -0.15) is 9.78 Å². The molecule has 7 nitrogen and oxygen atoms in total. The molecule has 0 aliphatic heterocycles. The summed E-state index contributed by atoms with van der Waals surface area (Å²) in [7, 11) is 0. The molecule has 3 rings (SSSR count). The Kier molecular flexibility index (Phi) is 8.63. The van der Waals surface area contributed by atoms with Crippen LogP contribution in [-0.2, 0) is 16.0 Å². The first kappa shape index (κ1) is 24.9. The second kappa shape index (κ2) is 11.4. The second-order valence-electron chi connectivity index (χ2n) is 7.67. The molecule has 0 aliphatic carbocycles. The van der Waals surface area contributed by atoms with Gasteiger partial charge in [0.25, 0.3) is 5.56 Å². The first-order chi connectivity index (χ1) is 15.8. The van der Waals surface area contributed by atoms with Gasteiger partial charge in [-0.15, -0.1) is 0 Å². The number of aromatic nitrogens is 2. The molecule has 0 saturated carbocycles. The number of nitrogens with zero attached hydrogens (tertiary/aromatic N) is 3. The quantitative estimate of drug-likeness (QED) is 0.272. The summed E-state index contributed by atoms with van der Waals surface area (Å²) in [5.41, 5.74) is 1.07. The van der Waals surface area contributed by atoms with Gasteiger partial charge in [0, 0.05) is 10.9 Å². The number of hydrogen-bond donors (Lipinski definition) is 0. The van der Waals surface area contributed by atoms with Crippen molar-refractivity contribution >= 4 is 50.6 Å². The molecule has 0 bridgehead atoms. The van der Waals surface area contributed by atoms with Crippen LogP contribution in [0.1, 0.15) is 45.0 Å². The van der Waals surface area contributed by atoms with E-state index >= 15 is 0 Å². The van der Waals surface area contributed by atoms with Crippen LogP contribution in [0.15, 0.2) is 50.8 Å². The third-order valence-corrected chi connectivity index (χ3v) is 5.41. The molecule has 0 atom stereocenters. The first-order valence-corrected chi connectivity index (χ1v) is 11.8. The standard InChI is InChI=1S/C24H25BrClN3O4/c1-4-5-6-22-28-20-9-8-17(25)12-18(20)24(31)29(22)27-13-16-7-10-21(19(26)11-16)32-14-23(30)33-15(2)3/h7-13,15H,4-6,14H2,1-3H3. The number of esters is 1. The molecule has 0 unspecified atom stereocenters. The van der Waals surface area contributed by atoms with E-state index in [9.17, 15) is 9.59 Å². The molecule has 1 heterocycles. The molecule has 33 heavy (non-hydrogen) atoms. The fraction of sp³-hybridized carbons (Fsp3) is 0.333. The van der Waals surface area contributed by atoms with Crippen molar-refractivity contribution in [1.82, 2.24) is 9.66 Å². The molecule has 2 aromatic carbocycles. The van der Waals surface area contributed by atoms with Gasteiger partial charge in [0.15, 0.2) is 6.61 Å². The van der Waals surface area contributed by atoms with Gasteiger partial charge in [-0.1, -0.05) is 40.9 Å². The molecule has 0 N–H and O–H groups in total. The summed E-state index contributed by atoms with van der Waals surface area (Å²) in [5, 5.41) is 5.21. The van der Waals surface area contributed by atoms with E-state index in [0.717, 1.165) is 17.3 Å². The summed E-state index contributed by atoms with van der Waals surface area (Å²) >= 11 is 9.71. The van der Waals surface area contributed by atoms with Crippen molar-refractivity contribution in [2.75, 3.05) is 6.61 Å². The maximum absolute atomic E-state index is 13.1. The number of carbonyl (C=O) groups excluding carboxylic acids is 1. The zero-order valence-corrected chi connectivity index (χ0v) is 21.0. The highest BCUT2D eigenvalue weighted by atomic mass is 79.9. The van der Waals surface area contributed by atoms with Crippen LogP contribution in [0.3, 0.4) is 0 Å². The number of unbranched alkanes of at least 4 members (excludes halogenated alkanes) is 1. The largest absolute Gasteiger partial charge is 0.480 e. The Hall–Kier alpha value is -2.71. The van der Waals surface area contributed by atoms with Gasteiger partial charge in [-0.25, -0.2) is 9.78 Å². The summed E-state index contributed by atoms with van der Waals surface area (Å²) in [5.74, 6) is 0.483. The molecule has 0 fully saturated rings. The van der Waals surface area contributed by atoms with Gasteiger partial charge in [0.1, 0.15) is 11.6 Å². The summed E-state index contributed by atoms with van der Waals surface area (Å²) < 4.78 is 12.6. The predicted octanol–water partition coefficient (Wildman–Crippen LogP) is 5.37. The van der Waals surface area contributed by atoms with Crippen LogP contribution in [0, 0.1) is 0 Å². The van der Waals surface area contributed by atoms with Crippen molar-refractivity contribution in [3.8, 4) is 5.75 Å². The average Bonchev–Trinajstić information content (AvgIpc) is 2.76. The minimum Gasteiger partial charge on any atom is -0.480 e. The predicted molar refractivity (Wildman–Crippen MR) is 133 cm³/mol. The van der Waals surface area contributed by atoms with Crippen molar-refractivity contribution < 1.29 is 14.3 Å². The maximum Gasteiger partial charge on any atom is 0.344 e. The summed E-state index contributed by atoms with van der Waals surface area (Å²) in [6, 6.07) is 10.5. The number of benzene rings is 2. The van der Waals surface area contributed by atoms with E-state index in [2.05, 4.69) is 32.9 Å². The number of rotatable bonds is 9. The molecule has 0 amide bonds. The van der Waals surface area contributed by atoms with Crippen LogP contribution < -0.4 is 10.3 Å². The molecule has 174 valence electrons. The van der Waals surface area contributed by atoms with E-state index in [1.54, 1.807) is 44.3 Å². The van der Waals surface area contributed by atoms with Crippen LogP contribution in [0.2, 0.25) is 5.02 Å². The van der Waals surface area contributed by atoms with Gasteiger partial charge in [0.2, 0.25) is 0 Å². The van der Waals surface area contributed by atoms with Gasteiger partial charge in [-0.05, 0) is 62.2 Å². The van der Waals surface area contributed by atoms with Crippen LogP contribution >= 0.6 is 27.5 Å². The second-order valence-corrected chi connectivity index (χ2v) is 8.99. The molecule has 1 aromatic heterocycles. The maximum atomic E-state index is 13.1. The SMILES string of the molecule is CCCCc1nc2ccc(Br)cc2c(=O)n1N=Cc1ccc(OCC(=O)OC(C)C)c(Cl)c1. The van der Waals surface area contributed by atoms with E-state index < -0.39 is 5.97 Å². The van der Waals surface area contributed by atoms with Crippen molar-refractivity contribution in [2.45, 2.75) is 46.1 Å². The first-order valence-electron chi connectivity index (χ1n) is 10.7. The Labute approximate surface area is 205 Å². The lowest BCUT2D eigenvalue weighted by molar-refractivity contribution is -0.149. The number of hydrogen-bond acceptors (Lipinski definition) is 6. The topological polar surface area (TPSA) is 82.8 Å². The van der Waals surface area contributed by atoms with Gasteiger partial charge in [0.05, 0.1) is 28.2 Å². The van der Waals surface area contributed by atoms with E-state index in [4.69, 9.17) is 21.1 Å². The van der Waals surface area contributed by atoms with E-state index in [1.165, 1.54) is 4.68 Å². The number of fused-ring (bicyclic) bond motifs is 1. The number of aryl methyl sites for hydroxylation is 1. The average molecular weight is 535 g/mol. The Morgan fingerprint density at radius 1 is 1.27 bits per heavy atom. The molecule has 9 heteroatoms. The zero-order chi connectivity index (χ0) is 24.0. The van der Waals surface area contributed by atoms with Crippen LogP contribution in [0.5, 0.6) is 5.75 Å². The fourth-order valence-electron chi connectivity index (χ4n) is 3.08. The molecule has 0 aliphatic rings. The molecular weight excluding hydrogens is 510 g/mol. The Bertz CT molecular complexity index is 1240. The molecule has 0 radical (unpaired) electrons. The number of carbonyl (C=O) groups is 1. The molecule has 0 spiro atoms. The normalized spacial score (nSPS) is 11.5. The van der Waals surface area contributed by atoms with E-state index in [-0.39, 0.29) is 18.3 Å². The van der Waals surface area contributed by atoms with Gasteiger partial charge >= 0.3 is 5.97 Å². The Morgan fingerprint density at radius 3 is 2.76 bits per heavy atom. The van der Waals surface area contributed by atoms with Gasteiger partial charge in [-0.3, -0.25) is 4.79 Å². The summed E-state index contributed by atoms with van der Waals surface area (Å²) in [6.45, 7) is 5.38. The van der Waals surface area contributed by atoms with E-state index in [1.807, 2.05) is 12.1 Å². The monoisotopic (exact) mass is 533 g/mol. The minimum absolute atomic E-state index is 0.216. The third kappa shape index (κ3) is 6.65. The minimum atomic E-state index is -0.471. The summed E-state index contributed by atoms with van der Waals surface area (Å²) in [6.07, 6.45) is 3.83. The highest BCUT2D eigenvalue weighted by Gasteiger charge is 2.12. The van der Waals surface area contributed by atoms with Crippen LogP contribution in [0.4, 0.5) is 0 Å². The van der Waals surface area contributed by atoms with Crippen molar-refractivity contribution in [3.05, 3.63) is 67.6 Å². The van der Waals surface area contributed by atoms with E-state index in [0.29, 0.717) is 39.5 Å². The number of ether oxygens (including phenoxy) is 2. The molecule has 0 saturated heterocycles. The van der Waals surface area contributed by atoms with Crippen LogP contribution in [0.25, 0.3) is 10.9 Å². The zero-order valence-electron chi connectivity index (χ0n) is 18.7. The smallest absolute Gasteiger partial charge is 0.344 e. The lowest BCUT2D eigenvalue weighted by Crippen LogP contribution is -2.22. The molecular formula is C24H25BrClN3O4. The van der Waals surface area contributed by atoms with Crippen molar-refractivity contribution in [3.63, 3.8) is 0 Å². The van der Waals surface area contributed by atoms with Crippen molar-refractivity contribution in [2.24, 2.45) is 5.10 Å². The van der Waals surface area contributed by atoms with Gasteiger partial charge < -0.3 is 9.47 Å².